The molecule has 2 atom stereocenters. The van der Waals surface area contributed by atoms with Crippen molar-refractivity contribution in [3.8, 4) is 28.8 Å². The van der Waals surface area contributed by atoms with Crippen LogP contribution in [0.15, 0.2) is 54.7 Å². The number of nitrogens with zero attached hydrogens (tertiary/aromatic N) is 6. The Morgan fingerprint density at radius 3 is 2.59 bits per heavy atom. The summed E-state index contributed by atoms with van der Waals surface area (Å²) in [6, 6.07) is 13.5. The Morgan fingerprint density at radius 1 is 1.07 bits per heavy atom. The van der Waals surface area contributed by atoms with Gasteiger partial charge in [-0.2, -0.15) is 15.1 Å². The summed E-state index contributed by atoms with van der Waals surface area (Å²) in [7, 11) is 1.72. The van der Waals surface area contributed by atoms with Gasteiger partial charge in [-0.05, 0) is 48.4 Å². The molecule has 0 unspecified atom stereocenters. The third-order valence-corrected chi connectivity index (χ3v) is 7.89. The van der Waals surface area contributed by atoms with Crippen LogP contribution in [0.4, 0.5) is 10.2 Å². The smallest absolute Gasteiger partial charge is 0.325 e. The van der Waals surface area contributed by atoms with E-state index in [2.05, 4.69) is 10.1 Å². The first-order valence-electron chi connectivity index (χ1n) is 13.2. The van der Waals surface area contributed by atoms with E-state index in [1.807, 2.05) is 47.9 Å². The highest BCUT2D eigenvalue weighted by atomic mass is 35.5. The molecule has 1 amide bonds. The van der Waals surface area contributed by atoms with E-state index >= 15 is 4.39 Å². The van der Waals surface area contributed by atoms with Crippen molar-refractivity contribution in [2.24, 2.45) is 7.05 Å². The fourth-order valence-corrected chi connectivity index (χ4v) is 5.88. The number of amides is 1. The van der Waals surface area contributed by atoms with Crippen LogP contribution in [0.3, 0.4) is 0 Å². The van der Waals surface area contributed by atoms with E-state index in [1.54, 1.807) is 38.4 Å². The molecule has 1 fully saturated rings. The lowest BCUT2D eigenvalue weighted by atomic mass is 9.96. The number of fused-ring (bicyclic) bond motifs is 2. The SMILES string of the molecule is CC(=O)N1C[C@H](C)N(c2nc(Oc3ccnn3C)nc3c(F)c(-c4cc(O)cc5ccccc45)c(Cl)cc23)C[C@H]1C. The number of hydrogen-bond acceptors (Lipinski definition) is 7. The third kappa shape index (κ3) is 4.67. The minimum absolute atomic E-state index is 0.00570. The van der Waals surface area contributed by atoms with Gasteiger partial charge in [-0.3, -0.25) is 4.79 Å². The van der Waals surface area contributed by atoms with Gasteiger partial charge in [0.15, 0.2) is 5.82 Å². The molecule has 0 saturated carbocycles. The Morgan fingerprint density at radius 2 is 1.85 bits per heavy atom. The lowest BCUT2D eigenvalue weighted by molar-refractivity contribution is -0.131. The molecule has 1 aliphatic rings. The van der Waals surface area contributed by atoms with E-state index < -0.39 is 5.82 Å². The second kappa shape index (κ2) is 10.2. The summed E-state index contributed by atoms with van der Waals surface area (Å²) in [4.78, 5) is 25.3. The van der Waals surface area contributed by atoms with Crippen LogP contribution in [0.1, 0.15) is 20.8 Å². The average molecular weight is 575 g/mol. The van der Waals surface area contributed by atoms with E-state index in [0.29, 0.717) is 35.7 Å². The van der Waals surface area contributed by atoms with Gasteiger partial charge < -0.3 is 19.6 Å². The monoisotopic (exact) mass is 574 g/mol. The van der Waals surface area contributed by atoms with E-state index in [9.17, 15) is 9.90 Å². The number of carbonyl (C=O) groups excluding carboxylic acids is 1. The predicted octanol–water partition coefficient (Wildman–Crippen LogP) is 5.92. The molecule has 3 aromatic carbocycles. The van der Waals surface area contributed by atoms with Gasteiger partial charge in [0.25, 0.3) is 0 Å². The number of halogens is 2. The zero-order chi connectivity index (χ0) is 29.0. The third-order valence-electron chi connectivity index (χ3n) is 7.59. The molecule has 0 aliphatic carbocycles. The van der Waals surface area contributed by atoms with Crippen LogP contribution < -0.4 is 9.64 Å². The normalized spacial score (nSPS) is 17.4. The number of aryl methyl sites for hydroxylation is 1. The first kappa shape index (κ1) is 26.8. The highest BCUT2D eigenvalue weighted by molar-refractivity contribution is 6.35. The minimum atomic E-state index is -0.662. The number of anilines is 1. The van der Waals surface area contributed by atoms with Gasteiger partial charge in [-0.1, -0.05) is 35.9 Å². The Labute approximate surface area is 240 Å². The van der Waals surface area contributed by atoms with Gasteiger partial charge in [-0.25, -0.2) is 9.07 Å². The van der Waals surface area contributed by atoms with E-state index in [1.165, 1.54) is 10.7 Å². The van der Waals surface area contributed by atoms with Crippen molar-refractivity contribution in [2.75, 3.05) is 18.0 Å². The van der Waals surface area contributed by atoms with Gasteiger partial charge in [0.1, 0.15) is 17.1 Å². The Balaban J connectivity index is 1.59. The van der Waals surface area contributed by atoms with Crippen LogP contribution in [0.25, 0.3) is 32.8 Å². The quantitative estimate of drug-likeness (QED) is 0.285. The molecule has 3 heterocycles. The fraction of sp³-hybridized carbons (Fsp3) is 0.267. The molecule has 5 aromatic rings. The predicted molar refractivity (Wildman–Crippen MR) is 156 cm³/mol. The molecule has 2 aromatic heterocycles. The van der Waals surface area contributed by atoms with Crippen LogP contribution in [0.2, 0.25) is 5.02 Å². The van der Waals surface area contributed by atoms with E-state index in [4.69, 9.17) is 21.3 Å². The van der Waals surface area contributed by atoms with Crippen molar-refractivity contribution < 1.29 is 19.0 Å². The largest absolute Gasteiger partial charge is 0.508 e. The maximum Gasteiger partial charge on any atom is 0.325 e. The number of aromatic hydroxyl groups is 1. The number of aromatic nitrogens is 4. The number of piperazine rings is 1. The Hall–Kier alpha value is -4.44. The molecule has 1 N–H and O–H groups in total. The number of carbonyl (C=O) groups is 1. The summed E-state index contributed by atoms with van der Waals surface area (Å²) < 4.78 is 24.2. The Kier molecular flexibility index (Phi) is 6.65. The zero-order valence-corrected chi connectivity index (χ0v) is 23.7. The number of phenols is 1. The highest BCUT2D eigenvalue weighted by Crippen LogP contribution is 2.43. The van der Waals surface area contributed by atoms with Gasteiger partial charge >= 0.3 is 6.01 Å². The van der Waals surface area contributed by atoms with E-state index in [0.717, 1.165) is 10.8 Å². The molecule has 11 heteroatoms. The molecule has 6 rings (SSSR count). The van der Waals surface area contributed by atoms with Crippen molar-refractivity contribution in [1.29, 1.82) is 0 Å². The maximum atomic E-state index is 16.7. The Bertz CT molecular complexity index is 1830. The summed E-state index contributed by atoms with van der Waals surface area (Å²) in [5, 5.41) is 16.6. The molecular formula is C30H28ClFN6O3. The summed E-state index contributed by atoms with van der Waals surface area (Å²) in [5.74, 6) is 0.150. The van der Waals surface area contributed by atoms with Crippen LogP contribution >= 0.6 is 11.6 Å². The lowest BCUT2D eigenvalue weighted by Gasteiger charge is -2.44. The van der Waals surface area contributed by atoms with Crippen LogP contribution in [-0.4, -0.2) is 60.8 Å². The van der Waals surface area contributed by atoms with Gasteiger partial charge in [0.2, 0.25) is 11.8 Å². The topological polar surface area (TPSA) is 96.6 Å². The first-order chi connectivity index (χ1) is 19.6. The second-order valence-electron chi connectivity index (χ2n) is 10.4. The summed E-state index contributed by atoms with van der Waals surface area (Å²) in [6.07, 6.45) is 1.58. The molecule has 210 valence electrons. The first-order valence-corrected chi connectivity index (χ1v) is 13.6. The lowest BCUT2D eigenvalue weighted by Crippen LogP contribution is -2.58. The van der Waals surface area contributed by atoms with Crippen LogP contribution in [-0.2, 0) is 11.8 Å². The standard InChI is InChI=1S/C30H28ClFN6O3/c1-16-15-38(17(2)14-37(16)18(3)39)29-23-13-24(31)26(22-12-20(40)11-19-7-5-6-8-21(19)22)27(32)28(23)34-30(35-29)41-25-9-10-33-36(25)4/h5-13,16-17,40H,14-15H2,1-4H3/t16-,17+/m1/s1. The zero-order valence-electron chi connectivity index (χ0n) is 23.0. The van der Waals surface area contributed by atoms with Crippen molar-refractivity contribution in [1.82, 2.24) is 24.6 Å². The van der Waals surface area contributed by atoms with Crippen molar-refractivity contribution >= 4 is 45.0 Å². The molecule has 0 spiro atoms. The molecule has 0 radical (unpaired) electrons. The molecular weight excluding hydrogens is 547 g/mol. The number of hydrogen-bond donors (Lipinski definition) is 1. The summed E-state index contributed by atoms with van der Waals surface area (Å²) in [5.41, 5.74) is 0.578. The van der Waals surface area contributed by atoms with Crippen LogP contribution in [0, 0.1) is 5.82 Å². The van der Waals surface area contributed by atoms with Gasteiger partial charge in [0.05, 0.1) is 11.2 Å². The minimum Gasteiger partial charge on any atom is -0.508 e. The number of ether oxygens (including phenoxy) is 1. The molecule has 0 bridgehead atoms. The second-order valence-corrected chi connectivity index (χ2v) is 10.8. The van der Waals surface area contributed by atoms with E-state index in [-0.39, 0.29) is 45.9 Å². The van der Waals surface area contributed by atoms with Crippen molar-refractivity contribution in [3.63, 3.8) is 0 Å². The van der Waals surface area contributed by atoms with Crippen molar-refractivity contribution in [2.45, 2.75) is 32.9 Å². The van der Waals surface area contributed by atoms with Crippen LogP contribution in [0.5, 0.6) is 17.6 Å². The average Bonchev–Trinajstić information content (AvgIpc) is 3.33. The van der Waals surface area contributed by atoms with Gasteiger partial charge in [-0.15, -0.1) is 0 Å². The number of phenolic OH excluding ortho intramolecular Hbond substituents is 1. The number of benzene rings is 3. The highest BCUT2D eigenvalue weighted by Gasteiger charge is 2.33. The fourth-order valence-electron chi connectivity index (χ4n) is 5.59. The molecule has 9 nitrogen and oxygen atoms in total. The molecule has 1 aliphatic heterocycles. The van der Waals surface area contributed by atoms with Gasteiger partial charge in [0, 0.05) is 56.2 Å². The maximum absolute atomic E-state index is 16.7. The molecule has 1 saturated heterocycles. The van der Waals surface area contributed by atoms with Crippen molar-refractivity contribution in [3.05, 3.63) is 65.6 Å². The summed E-state index contributed by atoms with van der Waals surface area (Å²) in [6.45, 7) is 6.46. The number of rotatable bonds is 4. The molecule has 41 heavy (non-hydrogen) atoms. The summed E-state index contributed by atoms with van der Waals surface area (Å²) >= 11 is 6.82.